The second-order valence-corrected chi connectivity index (χ2v) is 6.75. The zero-order valence-electron chi connectivity index (χ0n) is 14.9. The number of anilines is 1. The molecule has 1 atom stereocenters. The van der Waals surface area contributed by atoms with Crippen molar-refractivity contribution < 1.29 is 4.39 Å². The number of tetrazole rings is 1. The van der Waals surface area contributed by atoms with Crippen molar-refractivity contribution in [3.8, 4) is 0 Å². The molecule has 7 heteroatoms. The van der Waals surface area contributed by atoms with Crippen LogP contribution in [0.1, 0.15) is 23.0 Å². The summed E-state index contributed by atoms with van der Waals surface area (Å²) in [5, 5.41) is 12.1. The topological polar surface area (TPSA) is 50.1 Å². The predicted octanol–water partition coefficient (Wildman–Crippen LogP) is 2.48. The first kappa shape index (κ1) is 16.7. The SMILES string of the molecule is CN(C)c1ccc(CN2CCn3nnnc3C2c2cccc(F)c2)cc1. The summed E-state index contributed by atoms with van der Waals surface area (Å²) in [6, 6.07) is 15.0. The van der Waals surface area contributed by atoms with Crippen LogP contribution in [-0.4, -0.2) is 45.7 Å². The van der Waals surface area contributed by atoms with Crippen molar-refractivity contribution in [3.05, 3.63) is 71.3 Å². The molecule has 4 rings (SSSR count). The van der Waals surface area contributed by atoms with E-state index in [-0.39, 0.29) is 11.9 Å². The standard InChI is InChI=1S/C19H21FN6/c1-24(2)17-8-6-14(7-9-17)13-25-10-11-26-19(21-22-23-26)18(25)15-4-3-5-16(20)12-15/h3-9,12,18H,10-11,13H2,1-2H3. The Morgan fingerprint density at radius 3 is 2.65 bits per heavy atom. The lowest BCUT2D eigenvalue weighted by atomic mass is 10.0. The van der Waals surface area contributed by atoms with Gasteiger partial charge >= 0.3 is 0 Å². The monoisotopic (exact) mass is 352 g/mol. The van der Waals surface area contributed by atoms with E-state index in [1.54, 1.807) is 16.8 Å². The molecule has 1 aromatic heterocycles. The minimum Gasteiger partial charge on any atom is -0.378 e. The summed E-state index contributed by atoms with van der Waals surface area (Å²) < 4.78 is 15.6. The molecule has 0 spiro atoms. The summed E-state index contributed by atoms with van der Waals surface area (Å²) in [5.41, 5.74) is 3.24. The highest BCUT2D eigenvalue weighted by Crippen LogP contribution is 2.31. The molecule has 0 amide bonds. The van der Waals surface area contributed by atoms with Crippen LogP contribution in [-0.2, 0) is 13.1 Å². The van der Waals surface area contributed by atoms with Gasteiger partial charge < -0.3 is 4.90 Å². The molecule has 1 aliphatic rings. The normalized spacial score (nSPS) is 17.1. The molecule has 2 aromatic carbocycles. The quantitative estimate of drug-likeness (QED) is 0.722. The van der Waals surface area contributed by atoms with Gasteiger partial charge in [-0.15, -0.1) is 5.10 Å². The van der Waals surface area contributed by atoms with E-state index in [9.17, 15) is 4.39 Å². The van der Waals surface area contributed by atoms with Crippen molar-refractivity contribution in [2.24, 2.45) is 0 Å². The van der Waals surface area contributed by atoms with Crippen LogP contribution < -0.4 is 4.90 Å². The second-order valence-electron chi connectivity index (χ2n) is 6.75. The van der Waals surface area contributed by atoms with Crippen LogP contribution in [0.5, 0.6) is 0 Å². The highest BCUT2D eigenvalue weighted by Gasteiger charge is 2.32. The molecule has 26 heavy (non-hydrogen) atoms. The third-order valence-corrected chi connectivity index (χ3v) is 4.77. The van der Waals surface area contributed by atoms with Crippen molar-refractivity contribution in [1.82, 2.24) is 25.1 Å². The van der Waals surface area contributed by atoms with Crippen LogP contribution in [0.4, 0.5) is 10.1 Å². The first-order valence-electron chi connectivity index (χ1n) is 8.63. The number of hydrogen-bond acceptors (Lipinski definition) is 5. The molecule has 0 aliphatic carbocycles. The molecule has 2 heterocycles. The molecule has 0 fully saturated rings. The van der Waals surface area contributed by atoms with Gasteiger partial charge in [0.05, 0.1) is 12.6 Å². The van der Waals surface area contributed by atoms with Crippen molar-refractivity contribution in [1.29, 1.82) is 0 Å². The van der Waals surface area contributed by atoms with Gasteiger partial charge in [-0.05, 0) is 45.8 Å². The van der Waals surface area contributed by atoms with Crippen LogP contribution in [0.3, 0.4) is 0 Å². The van der Waals surface area contributed by atoms with Gasteiger partial charge in [0.25, 0.3) is 0 Å². The maximum atomic E-state index is 13.8. The van der Waals surface area contributed by atoms with E-state index in [1.807, 2.05) is 20.2 Å². The molecule has 0 saturated carbocycles. The Hall–Kier alpha value is -2.80. The van der Waals surface area contributed by atoms with Crippen LogP contribution in [0, 0.1) is 5.82 Å². The lowest BCUT2D eigenvalue weighted by Gasteiger charge is -2.35. The molecule has 1 aliphatic heterocycles. The minimum atomic E-state index is -0.248. The number of benzene rings is 2. The van der Waals surface area contributed by atoms with Crippen LogP contribution >= 0.6 is 0 Å². The van der Waals surface area contributed by atoms with Crippen molar-refractivity contribution >= 4 is 5.69 Å². The molecular weight excluding hydrogens is 331 g/mol. The van der Waals surface area contributed by atoms with Crippen LogP contribution in [0.15, 0.2) is 48.5 Å². The summed E-state index contributed by atoms with van der Waals surface area (Å²) in [6.07, 6.45) is 0. The number of nitrogens with zero attached hydrogens (tertiary/aromatic N) is 6. The predicted molar refractivity (Wildman–Crippen MR) is 97.2 cm³/mol. The van der Waals surface area contributed by atoms with E-state index in [2.05, 4.69) is 49.6 Å². The molecule has 3 aromatic rings. The van der Waals surface area contributed by atoms with Crippen LogP contribution in [0.25, 0.3) is 0 Å². The first-order chi connectivity index (χ1) is 12.6. The Bertz CT molecular complexity index is 889. The van der Waals surface area contributed by atoms with Gasteiger partial charge in [-0.2, -0.15) is 0 Å². The molecule has 0 radical (unpaired) electrons. The first-order valence-corrected chi connectivity index (χ1v) is 8.63. The maximum Gasteiger partial charge on any atom is 0.173 e. The van der Waals surface area contributed by atoms with Gasteiger partial charge in [0.15, 0.2) is 5.82 Å². The van der Waals surface area contributed by atoms with E-state index in [0.29, 0.717) is 0 Å². The average Bonchev–Trinajstić information content (AvgIpc) is 3.10. The molecule has 0 bridgehead atoms. The largest absolute Gasteiger partial charge is 0.378 e. The number of aromatic nitrogens is 4. The Morgan fingerprint density at radius 2 is 1.92 bits per heavy atom. The van der Waals surface area contributed by atoms with Gasteiger partial charge in [0.2, 0.25) is 0 Å². The summed E-state index contributed by atoms with van der Waals surface area (Å²) in [6.45, 7) is 2.28. The van der Waals surface area contributed by atoms with E-state index in [1.165, 1.54) is 11.6 Å². The summed E-state index contributed by atoms with van der Waals surface area (Å²) in [7, 11) is 4.05. The van der Waals surface area contributed by atoms with Crippen molar-refractivity contribution in [2.45, 2.75) is 19.1 Å². The second kappa shape index (κ2) is 6.84. The Labute approximate surface area is 151 Å². The summed E-state index contributed by atoms with van der Waals surface area (Å²) in [5.74, 6) is 0.508. The summed E-state index contributed by atoms with van der Waals surface area (Å²) >= 11 is 0. The molecule has 134 valence electrons. The highest BCUT2D eigenvalue weighted by atomic mass is 19.1. The van der Waals surface area contributed by atoms with E-state index >= 15 is 0 Å². The smallest absolute Gasteiger partial charge is 0.173 e. The fourth-order valence-corrected chi connectivity index (χ4v) is 3.42. The molecule has 0 N–H and O–H groups in total. The van der Waals surface area contributed by atoms with Gasteiger partial charge in [-0.25, -0.2) is 9.07 Å². The van der Waals surface area contributed by atoms with Crippen molar-refractivity contribution in [3.63, 3.8) is 0 Å². The molecule has 0 saturated heterocycles. The lowest BCUT2D eigenvalue weighted by molar-refractivity contribution is 0.164. The maximum absolute atomic E-state index is 13.8. The van der Waals surface area contributed by atoms with E-state index in [4.69, 9.17) is 0 Å². The molecule has 6 nitrogen and oxygen atoms in total. The third-order valence-electron chi connectivity index (χ3n) is 4.77. The zero-order valence-corrected chi connectivity index (χ0v) is 14.9. The van der Waals surface area contributed by atoms with E-state index < -0.39 is 0 Å². The van der Waals surface area contributed by atoms with Gasteiger partial charge in [-0.1, -0.05) is 24.3 Å². The lowest BCUT2D eigenvalue weighted by Crippen LogP contribution is -2.39. The molecular formula is C19H21FN6. The van der Waals surface area contributed by atoms with Gasteiger partial charge in [-0.3, -0.25) is 4.90 Å². The average molecular weight is 352 g/mol. The minimum absolute atomic E-state index is 0.164. The number of fused-ring (bicyclic) bond motifs is 1. The van der Waals surface area contributed by atoms with Crippen molar-refractivity contribution in [2.75, 3.05) is 25.5 Å². The number of rotatable bonds is 4. The fourth-order valence-electron chi connectivity index (χ4n) is 3.42. The Kier molecular flexibility index (Phi) is 4.38. The Morgan fingerprint density at radius 1 is 1.12 bits per heavy atom. The fraction of sp³-hybridized carbons (Fsp3) is 0.316. The highest BCUT2D eigenvalue weighted by molar-refractivity contribution is 5.46. The zero-order chi connectivity index (χ0) is 18.1. The molecule has 1 unspecified atom stereocenters. The number of halogens is 1. The van der Waals surface area contributed by atoms with E-state index in [0.717, 1.165) is 36.7 Å². The summed E-state index contributed by atoms with van der Waals surface area (Å²) in [4.78, 5) is 4.37. The van der Waals surface area contributed by atoms with Gasteiger partial charge in [0.1, 0.15) is 5.82 Å². The van der Waals surface area contributed by atoms with Gasteiger partial charge in [0, 0.05) is 32.9 Å². The third kappa shape index (κ3) is 3.17. The Balaban J connectivity index is 1.65. The number of hydrogen-bond donors (Lipinski definition) is 0. The van der Waals surface area contributed by atoms with Crippen LogP contribution in [0.2, 0.25) is 0 Å².